The molecule has 1 fully saturated rings. The molecule has 5 rings (SSSR count). The third kappa shape index (κ3) is 2.56. The van der Waals surface area contributed by atoms with Crippen LogP contribution in [0.15, 0.2) is 23.0 Å². The molecule has 2 aliphatic heterocycles. The molecule has 6 nitrogen and oxygen atoms in total. The monoisotopic (exact) mass is 339 g/mol. The van der Waals surface area contributed by atoms with Gasteiger partial charge in [-0.15, -0.1) is 0 Å². The largest absolute Gasteiger partial charge is 0.508 e. The second-order valence-corrected chi connectivity index (χ2v) is 7.51. The summed E-state index contributed by atoms with van der Waals surface area (Å²) in [5.74, 6) is 1.09. The molecule has 0 radical (unpaired) electrons. The Balaban J connectivity index is 1.43. The number of aromatic hydroxyl groups is 1. The second-order valence-electron chi connectivity index (χ2n) is 7.51. The summed E-state index contributed by atoms with van der Waals surface area (Å²) in [6.07, 6.45) is 3.02. The summed E-state index contributed by atoms with van der Waals surface area (Å²) < 4.78 is 5.36. The summed E-state index contributed by atoms with van der Waals surface area (Å²) >= 11 is 0. The van der Waals surface area contributed by atoms with Crippen molar-refractivity contribution in [1.29, 1.82) is 0 Å². The van der Waals surface area contributed by atoms with Gasteiger partial charge in [-0.3, -0.25) is 9.69 Å². The minimum Gasteiger partial charge on any atom is -0.508 e. The maximum Gasteiger partial charge on any atom is 0.256 e. The van der Waals surface area contributed by atoms with Crippen LogP contribution in [0, 0.1) is 0 Å². The van der Waals surface area contributed by atoms with E-state index < -0.39 is 0 Å². The van der Waals surface area contributed by atoms with Crippen molar-refractivity contribution in [1.82, 2.24) is 14.9 Å². The van der Waals surface area contributed by atoms with Crippen LogP contribution in [0.3, 0.4) is 0 Å². The van der Waals surface area contributed by atoms with Gasteiger partial charge in [0, 0.05) is 24.9 Å². The van der Waals surface area contributed by atoms with E-state index in [0.717, 1.165) is 37.4 Å². The van der Waals surface area contributed by atoms with Gasteiger partial charge >= 0.3 is 0 Å². The number of nitrogens with one attached hydrogen (secondary N) is 1. The van der Waals surface area contributed by atoms with E-state index in [0.29, 0.717) is 37.5 Å². The zero-order valence-electron chi connectivity index (χ0n) is 14.0. The molecule has 25 heavy (non-hydrogen) atoms. The Morgan fingerprint density at radius 3 is 3.08 bits per heavy atom. The highest BCUT2D eigenvalue weighted by molar-refractivity contribution is 5.45. The van der Waals surface area contributed by atoms with Crippen molar-refractivity contribution >= 4 is 0 Å². The van der Waals surface area contributed by atoms with Gasteiger partial charge in [-0.25, -0.2) is 4.98 Å². The van der Waals surface area contributed by atoms with E-state index >= 15 is 0 Å². The van der Waals surface area contributed by atoms with E-state index in [9.17, 15) is 9.90 Å². The maximum absolute atomic E-state index is 12.3. The Hall–Kier alpha value is -2.18. The lowest BCUT2D eigenvalue weighted by Crippen LogP contribution is -2.38. The number of H-pyrrole nitrogens is 1. The highest BCUT2D eigenvalue weighted by Crippen LogP contribution is 2.53. The zero-order chi connectivity index (χ0) is 17.0. The highest BCUT2D eigenvalue weighted by atomic mass is 16.5. The first kappa shape index (κ1) is 15.1. The van der Waals surface area contributed by atoms with Gasteiger partial charge in [-0.05, 0) is 36.1 Å². The molecule has 0 saturated heterocycles. The summed E-state index contributed by atoms with van der Waals surface area (Å²) in [5.41, 5.74) is 4.24. The van der Waals surface area contributed by atoms with E-state index in [1.54, 1.807) is 6.07 Å². The third-order valence-corrected chi connectivity index (χ3v) is 5.69. The molecule has 0 amide bonds. The van der Waals surface area contributed by atoms with Gasteiger partial charge < -0.3 is 14.8 Å². The number of hydrogen-bond donors (Lipinski definition) is 2. The molecule has 1 saturated carbocycles. The molecule has 1 aromatic carbocycles. The normalized spacial score (nSPS) is 21.0. The summed E-state index contributed by atoms with van der Waals surface area (Å²) in [4.78, 5) is 22.3. The number of aromatic nitrogens is 2. The SMILES string of the molecule is O=c1[nH]c(CN2Cc3ccc(O)cc3C3(CC3)C2)nc2c1COCC2. The van der Waals surface area contributed by atoms with Crippen molar-refractivity contribution in [3.8, 4) is 5.75 Å². The minimum atomic E-state index is -0.0665. The quantitative estimate of drug-likeness (QED) is 0.869. The number of ether oxygens (including phenoxy) is 1. The number of rotatable bonds is 2. The van der Waals surface area contributed by atoms with Crippen LogP contribution in [0.5, 0.6) is 5.75 Å². The molecule has 1 aliphatic carbocycles. The van der Waals surface area contributed by atoms with E-state index in [4.69, 9.17) is 4.74 Å². The Bertz CT molecular complexity index is 901. The fourth-order valence-electron chi connectivity index (χ4n) is 4.28. The van der Waals surface area contributed by atoms with Gasteiger partial charge in [0.15, 0.2) is 0 Å². The fraction of sp³-hybridized carbons (Fsp3) is 0.474. The molecule has 2 N–H and O–H groups in total. The lowest BCUT2D eigenvalue weighted by atomic mass is 9.87. The summed E-state index contributed by atoms with van der Waals surface area (Å²) in [7, 11) is 0. The maximum atomic E-state index is 12.3. The van der Waals surface area contributed by atoms with Crippen molar-refractivity contribution < 1.29 is 9.84 Å². The summed E-state index contributed by atoms with van der Waals surface area (Å²) in [5, 5.41) is 9.82. The van der Waals surface area contributed by atoms with Crippen molar-refractivity contribution in [3.63, 3.8) is 0 Å². The van der Waals surface area contributed by atoms with Crippen LogP contribution >= 0.6 is 0 Å². The Kier molecular flexibility index (Phi) is 3.27. The van der Waals surface area contributed by atoms with Gasteiger partial charge in [-0.1, -0.05) is 6.07 Å². The number of nitrogens with zero attached hydrogens (tertiary/aromatic N) is 2. The van der Waals surface area contributed by atoms with Gasteiger partial charge in [0.1, 0.15) is 11.6 Å². The Labute approximate surface area is 145 Å². The van der Waals surface area contributed by atoms with E-state index in [1.165, 1.54) is 11.1 Å². The Morgan fingerprint density at radius 2 is 2.24 bits per heavy atom. The lowest BCUT2D eigenvalue weighted by molar-refractivity contribution is 0.107. The van der Waals surface area contributed by atoms with Gasteiger partial charge in [-0.2, -0.15) is 0 Å². The van der Waals surface area contributed by atoms with Crippen LogP contribution in [0.1, 0.15) is 41.1 Å². The Morgan fingerprint density at radius 1 is 1.36 bits per heavy atom. The van der Waals surface area contributed by atoms with Crippen LogP contribution in [-0.4, -0.2) is 33.1 Å². The molecule has 1 aromatic heterocycles. The van der Waals surface area contributed by atoms with Crippen LogP contribution in [0.25, 0.3) is 0 Å². The number of phenols is 1. The first-order valence-corrected chi connectivity index (χ1v) is 8.86. The second kappa shape index (κ2) is 5.41. The molecule has 3 heterocycles. The molecule has 2 aromatic rings. The predicted molar refractivity (Wildman–Crippen MR) is 91.4 cm³/mol. The number of aromatic amines is 1. The number of benzene rings is 1. The van der Waals surface area contributed by atoms with Gasteiger partial charge in [0.25, 0.3) is 5.56 Å². The fourth-order valence-corrected chi connectivity index (χ4v) is 4.28. The van der Waals surface area contributed by atoms with E-state index in [-0.39, 0.29) is 11.0 Å². The van der Waals surface area contributed by atoms with Gasteiger partial charge in [0.2, 0.25) is 0 Å². The molecule has 1 spiro atoms. The third-order valence-electron chi connectivity index (χ3n) is 5.69. The molecular formula is C19H21N3O3. The molecule has 130 valence electrons. The van der Waals surface area contributed by atoms with Gasteiger partial charge in [0.05, 0.1) is 31.0 Å². The van der Waals surface area contributed by atoms with Crippen LogP contribution in [0.2, 0.25) is 0 Å². The minimum absolute atomic E-state index is 0.0665. The molecule has 3 aliphatic rings. The lowest BCUT2D eigenvalue weighted by Gasteiger charge is -2.35. The smallest absolute Gasteiger partial charge is 0.256 e. The molecular weight excluding hydrogens is 318 g/mol. The van der Waals surface area contributed by atoms with Crippen LogP contribution in [-0.2, 0) is 36.3 Å². The topological polar surface area (TPSA) is 78.5 Å². The van der Waals surface area contributed by atoms with Crippen molar-refractivity contribution in [2.45, 2.75) is 44.4 Å². The molecule has 0 unspecified atom stereocenters. The van der Waals surface area contributed by atoms with Crippen molar-refractivity contribution in [2.24, 2.45) is 0 Å². The highest BCUT2D eigenvalue weighted by Gasteiger charge is 2.49. The molecule has 0 bridgehead atoms. The summed E-state index contributed by atoms with van der Waals surface area (Å²) in [6.45, 7) is 3.41. The standard InChI is InChI=1S/C19H21N3O3/c23-13-2-1-12-8-22(11-19(4-5-19)15(12)7-13)9-17-20-16-3-6-25-10-14(16)18(24)21-17/h1-2,7,23H,3-6,8-11H2,(H,20,21,24). The molecule has 6 heteroatoms. The van der Waals surface area contributed by atoms with Crippen molar-refractivity contribution in [3.05, 3.63) is 56.8 Å². The van der Waals surface area contributed by atoms with Crippen LogP contribution < -0.4 is 5.56 Å². The first-order chi connectivity index (χ1) is 12.1. The van der Waals surface area contributed by atoms with Crippen LogP contribution in [0.4, 0.5) is 0 Å². The average Bonchev–Trinajstić information content (AvgIpc) is 3.36. The average molecular weight is 339 g/mol. The number of fused-ring (bicyclic) bond motifs is 3. The number of hydrogen-bond acceptors (Lipinski definition) is 5. The zero-order valence-corrected chi connectivity index (χ0v) is 14.0. The molecule has 0 atom stereocenters. The number of phenolic OH excluding ortho intramolecular Hbond substituents is 1. The summed E-state index contributed by atoms with van der Waals surface area (Å²) in [6, 6.07) is 5.72. The van der Waals surface area contributed by atoms with E-state index in [1.807, 2.05) is 12.1 Å². The predicted octanol–water partition coefficient (Wildman–Crippen LogP) is 1.60. The first-order valence-electron chi connectivity index (χ1n) is 8.86. The van der Waals surface area contributed by atoms with Crippen molar-refractivity contribution in [2.75, 3.05) is 13.2 Å². The van der Waals surface area contributed by atoms with E-state index in [2.05, 4.69) is 14.9 Å².